The number of para-hydroxylation sites is 1. The second kappa shape index (κ2) is 4.81. The molecule has 5 heteroatoms. The van der Waals surface area contributed by atoms with Gasteiger partial charge in [0.2, 0.25) is 5.91 Å². The van der Waals surface area contributed by atoms with Crippen LogP contribution in [-0.4, -0.2) is 25.5 Å². The van der Waals surface area contributed by atoms with Gasteiger partial charge in [0.15, 0.2) is 12.4 Å². The summed E-state index contributed by atoms with van der Waals surface area (Å²) in [6.07, 6.45) is 2.27. The topological polar surface area (TPSA) is 58.6 Å². The average Bonchev–Trinajstić information content (AvgIpc) is 3.27. The van der Waals surface area contributed by atoms with Crippen LogP contribution in [0, 0.1) is 11.8 Å². The highest BCUT2D eigenvalue weighted by molar-refractivity contribution is 6.01. The van der Waals surface area contributed by atoms with Crippen LogP contribution in [0.3, 0.4) is 0 Å². The van der Waals surface area contributed by atoms with Crippen molar-refractivity contribution in [2.75, 3.05) is 23.9 Å². The number of nitrogens with one attached hydrogen (secondary N) is 1. The first-order chi connectivity index (χ1) is 9.58. The Morgan fingerprint density at radius 3 is 2.90 bits per heavy atom. The van der Waals surface area contributed by atoms with Gasteiger partial charge in [0, 0.05) is 13.0 Å². The predicted molar refractivity (Wildman–Crippen MR) is 75.9 cm³/mol. The first-order valence-corrected chi connectivity index (χ1v) is 6.91. The molecule has 0 aromatic heterocycles. The molecule has 0 radical (unpaired) electrons. The molecule has 0 spiro atoms. The van der Waals surface area contributed by atoms with E-state index in [1.165, 1.54) is 0 Å². The van der Waals surface area contributed by atoms with Gasteiger partial charge in [0.05, 0.1) is 11.4 Å². The third-order valence-corrected chi connectivity index (χ3v) is 4.07. The van der Waals surface area contributed by atoms with Crippen molar-refractivity contribution in [3.05, 3.63) is 18.2 Å². The van der Waals surface area contributed by atoms with Gasteiger partial charge in [-0.1, -0.05) is 13.0 Å². The monoisotopic (exact) mass is 274 g/mol. The number of hydrogen-bond acceptors (Lipinski definition) is 3. The maximum atomic E-state index is 12.2. The fourth-order valence-corrected chi connectivity index (χ4v) is 2.46. The van der Waals surface area contributed by atoms with Crippen molar-refractivity contribution in [3.8, 4) is 5.75 Å². The lowest BCUT2D eigenvalue weighted by Crippen LogP contribution is -2.36. The molecule has 1 aromatic rings. The number of anilines is 2. The molecule has 1 atom stereocenters. The molecule has 3 rings (SSSR count). The van der Waals surface area contributed by atoms with Crippen molar-refractivity contribution in [2.24, 2.45) is 11.8 Å². The summed E-state index contributed by atoms with van der Waals surface area (Å²) in [4.78, 5) is 25.3. The number of carbonyl (C=O) groups is 2. The van der Waals surface area contributed by atoms with E-state index in [9.17, 15) is 9.59 Å². The van der Waals surface area contributed by atoms with E-state index < -0.39 is 0 Å². The first-order valence-electron chi connectivity index (χ1n) is 6.91. The van der Waals surface area contributed by atoms with E-state index in [-0.39, 0.29) is 24.3 Å². The zero-order valence-corrected chi connectivity index (χ0v) is 11.7. The maximum Gasteiger partial charge on any atom is 0.264 e. The number of hydrogen-bond donors (Lipinski definition) is 1. The zero-order chi connectivity index (χ0) is 14.3. The van der Waals surface area contributed by atoms with Gasteiger partial charge in [-0.05, 0) is 30.9 Å². The quantitative estimate of drug-likeness (QED) is 0.917. The van der Waals surface area contributed by atoms with Crippen molar-refractivity contribution in [3.63, 3.8) is 0 Å². The van der Waals surface area contributed by atoms with Gasteiger partial charge in [-0.25, -0.2) is 0 Å². The van der Waals surface area contributed by atoms with Gasteiger partial charge in [0.25, 0.3) is 5.91 Å². The highest BCUT2D eigenvalue weighted by Crippen LogP contribution is 2.40. The van der Waals surface area contributed by atoms with Crippen molar-refractivity contribution in [1.82, 2.24) is 0 Å². The molecular formula is C15H18N2O3. The van der Waals surface area contributed by atoms with E-state index in [1.807, 2.05) is 19.1 Å². The molecule has 1 saturated carbocycles. The summed E-state index contributed by atoms with van der Waals surface area (Å²) in [7, 11) is 1.71. The number of likely N-dealkylation sites (N-methyl/N-ethyl adjacent to an activating group) is 1. The Hall–Kier alpha value is -2.04. The fraction of sp³-hybridized carbons (Fsp3) is 0.467. The van der Waals surface area contributed by atoms with E-state index in [0.717, 1.165) is 12.8 Å². The molecule has 20 heavy (non-hydrogen) atoms. The first kappa shape index (κ1) is 13.0. The summed E-state index contributed by atoms with van der Waals surface area (Å²) >= 11 is 0. The van der Waals surface area contributed by atoms with E-state index in [4.69, 9.17) is 4.74 Å². The second-order valence-electron chi connectivity index (χ2n) is 5.51. The number of rotatable bonds is 3. The minimum Gasteiger partial charge on any atom is -0.479 e. The number of carbonyl (C=O) groups excluding carboxylic acids is 2. The van der Waals surface area contributed by atoms with Gasteiger partial charge in [0.1, 0.15) is 0 Å². The molecule has 2 amide bonds. The fourth-order valence-electron chi connectivity index (χ4n) is 2.46. The number of nitrogens with zero attached hydrogens (tertiary/aromatic N) is 1. The number of fused-ring (bicyclic) bond motifs is 1. The molecule has 106 valence electrons. The van der Waals surface area contributed by atoms with Gasteiger partial charge in [-0.15, -0.1) is 0 Å². The second-order valence-corrected chi connectivity index (χ2v) is 5.51. The third-order valence-electron chi connectivity index (χ3n) is 4.07. The summed E-state index contributed by atoms with van der Waals surface area (Å²) in [5.41, 5.74) is 1.33. The van der Waals surface area contributed by atoms with Gasteiger partial charge in [-0.2, -0.15) is 0 Å². The Balaban J connectivity index is 1.84. The largest absolute Gasteiger partial charge is 0.479 e. The summed E-state index contributed by atoms with van der Waals surface area (Å²) in [6.45, 7) is 1.97. The molecule has 1 aliphatic heterocycles. The van der Waals surface area contributed by atoms with Gasteiger partial charge < -0.3 is 15.0 Å². The SMILES string of the molecule is CC(C(=O)Nc1cccc2c1OCC(=O)N2C)C1CC1. The van der Waals surface area contributed by atoms with Crippen LogP contribution in [-0.2, 0) is 9.59 Å². The van der Waals surface area contributed by atoms with Crippen molar-refractivity contribution in [2.45, 2.75) is 19.8 Å². The number of amides is 2. The number of benzene rings is 1. The van der Waals surface area contributed by atoms with E-state index in [0.29, 0.717) is 23.0 Å². The van der Waals surface area contributed by atoms with Gasteiger partial charge >= 0.3 is 0 Å². The Morgan fingerprint density at radius 2 is 2.20 bits per heavy atom. The van der Waals surface area contributed by atoms with Crippen LogP contribution in [0.5, 0.6) is 5.75 Å². The van der Waals surface area contributed by atoms with Crippen LogP contribution in [0.2, 0.25) is 0 Å². The molecule has 0 saturated heterocycles. The van der Waals surface area contributed by atoms with Crippen molar-refractivity contribution in [1.29, 1.82) is 0 Å². The maximum absolute atomic E-state index is 12.2. The zero-order valence-electron chi connectivity index (χ0n) is 11.7. The lowest BCUT2D eigenvalue weighted by Gasteiger charge is -2.27. The molecule has 1 heterocycles. The van der Waals surface area contributed by atoms with E-state index in [2.05, 4.69) is 5.32 Å². The molecule has 0 bridgehead atoms. The molecule has 2 aliphatic rings. The Labute approximate surface area is 117 Å². The van der Waals surface area contributed by atoms with Crippen molar-refractivity contribution < 1.29 is 14.3 Å². The summed E-state index contributed by atoms with van der Waals surface area (Å²) in [5, 5.41) is 2.92. The summed E-state index contributed by atoms with van der Waals surface area (Å²) in [6, 6.07) is 5.43. The smallest absolute Gasteiger partial charge is 0.264 e. The Kier molecular flexibility index (Phi) is 3.12. The normalized spacial score (nSPS) is 19.1. The predicted octanol–water partition coefficient (Wildman–Crippen LogP) is 2.03. The Morgan fingerprint density at radius 1 is 1.45 bits per heavy atom. The van der Waals surface area contributed by atoms with Crippen molar-refractivity contribution >= 4 is 23.2 Å². The average molecular weight is 274 g/mol. The van der Waals surface area contributed by atoms with E-state index >= 15 is 0 Å². The van der Waals surface area contributed by atoms with Crippen LogP contribution < -0.4 is 15.0 Å². The molecule has 1 N–H and O–H groups in total. The van der Waals surface area contributed by atoms with Crippen LogP contribution in [0.25, 0.3) is 0 Å². The van der Waals surface area contributed by atoms with Crippen LogP contribution in [0.15, 0.2) is 18.2 Å². The number of ether oxygens (including phenoxy) is 1. The molecule has 1 aliphatic carbocycles. The molecule has 1 unspecified atom stereocenters. The molecule has 1 fully saturated rings. The molecule has 5 nitrogen and oxygen atoms in total. The third kappa shape index (κ3) is 2.24. The van der Waals surface area contributed by atoms with Crippen LogP contribution in [0.4, 0.5) is 11.4 Å². The minimum atomic E-state index is -0.0904. The Bertz CT molecular complexity index is 566. The minimum absolute atomic E-state index is 0.00849. The summed E-state index contributed by atoms with van der Waals surface area (Å²) < 4.78 is 5.49. The lowest BCUT2D eigenvalue weighted by atomic mass is 10.1. The lowest BCUT2D eigenvalue weighted by molar-refractivity contribution is -0.121. The van der Waals surface area contributed by atoms with E-state index in [1.54, 1.807) is 18.0 Å². The highest BCUT2D eigenvalue weighted by atomic mass is 16.5. The standard InChI is InChI=1S/C15H18N2O3/c1-9(10-6-7-10)15(19)16-11-4-3-5-12-14(11)20-8-13(18)17(12)2/h3-5,9-10H,6-8H2,1-2H3,(H,16,19). The highest BCUT2D eigenvalue weighted by Gasteiger charge is 2.33. The van der Waals surface area contributed by atoms with Crippen LogP contribution >= 0.6 is 0 Å². The molecular weight excluding hydrogens is 256 g/mol. The van der Waals surface area contributed by atoms with Gasteiger partial charge in [-0.3, -0.25) is 9.59 Å². The molecule has 1 aromatic carbocycles. The van der Waals surface area contributed by atoms with Crippen LogP contribution in [0.1, 0.15) is 19.8 Å². The summed E-state index contributed by atoms with van der Waals surface area (Å²) in [5.74, 6) is 1.04.